The van der Waals surface area contributed by atoms with Gasteiger partial charge >= 0.3 is 0 Å². The van der Waals surface area contributed by atoms with Crippen LogP contribution in [-0.4, -0.2) is 28.3 Å². The number of rotatable bonds is 5. The number of hydrogen-bond acceptors (Lipinski definition) is 4. The minimum Gasteiger partial charge on any atom is -0.383 e. The van der Waals surface area contributed by atoms with Gasteiger partial charge in [-0.3, -0.25) is 4.99 Å². The third-order valence-corrected chi connectivity index (χ3v) is 4.70. The molecule has 2 rings (SSSR count). The maximum atomic E-state index is 13.8. The minimum atomic E-state index is -3.69. The van der Waals surface area contributed by atoms with Crippen LogP contribution in [0.25, 0.3) is 0 Å². The van der Waals surface area contributed by atoms with Gasteiger partial charge in [-0.05, 0) is 37.4 Å². The van der Waals surface area contributed by atoms with Gasteiger partial charge in [0.15, 0.2) is 0 Å². The lowest BCUT2D eigenvalue weighted by atomic mass is 10.1. The molecule has 0 unspecified atom stereocenters. The predicted molar refractivity (Wildman–Crippen MR) is 89.0 cm³/mol. The van der Waals surface area contributed by atoms with Crippen LogP contribution in [-0.2, 0) is 10.0 Å². The summed E-state index contributed by atoms with van der Waals surface area (Å²) in [5.41, 5.74) is 6.23. The summed E-state index contributed by atoms with van der Waals surface area (Å²) in [7, 11) is -0.979. The molecule has 0 radical (unpaired) electrons. The molecule has 0 saturated carbocycles. The van der Waals surface area contributed by atoms with Gasteiger partial charge in [-0.1, -0.05) is 0 Å². The molecule has 4 N–H and O–H groups in total. The van der Waals surface area contributed by atoms with Crippen molar-refractivity contribution in [2.75, 3.05) is 19.4 Å². The number of anilines is 2. The monoisotopic (exact) mass is 354 g/mol. The molecule has 24 heavy (non-hydrogen) atoms. The zero-order chi connectivity index (χ0) is 17.9. The lowest BCUT2D eigenvalue weighted by molar-refractivity contribution is 0.588. The van der Waals surface area contributed by atoms with Crippen LogP contribution in [0.3, 0.4) is 0 Å². The van der Waals surface area contributed by atoms with E-state index in [4.69, 9.17) is 5.73 Å². The van der Waals surface area contributed by atoms with E-state index >= 15 is 0 Å². The first-order valence-electron chi connectivity index (χ1n) is 6.81. The van der Waals surface area contributed by atoms with Crippen molar-refractivity contribution >= 4 is 27.2 Å². The Labute approximate surface area is 138 Å². The summed E-state index contributed by atoms with van der Waals surface area (Å²) in [6.07, 6.45) is 0. The lowest BCUT2D eigenvalue weighted by Crippen LogP contribution is -2.21. The Bertz CT molecular complexity index is 898. The molecule has 0 aromatic heterocycles. The SMILES string of the molecule is CN=C(N)c1cc(S(=O)(=O)NC)ccc1Nc1cc(F)ccc1F. The Kier molecular flexibility index (Phi) is 5.15. The molecule has 9 heteroatoms. The van der Waals surface area contributed by atoms with Gasteiger partial charge in [-0.15, -0.1) is 0 Å². The molecule has 0 bridgehead atoms. The maximum Gasteiger partial charge on any atom is 0.240 e. The maximum absolute atomic E-state index is 13.8. The number of hydrogen-bond donors (Lipinski definition) is 3. The van der Waals surface area contributed by atoms with Gasteiger partial charge in [0.1, 0.15) is 17.5 Å². The molecule has 0 spiro atoms. The van der Waals surface area contributed by atoms with Crippen LogP contribution in [0, 0.1) is 11.6 Å². The molecule has 0 atom stereocenters. The fourth-order valence-corrected chi connectivity index (χ4v) is 2.74. The topological polar surface area (TPSA) is 96.6 Å². The number of halogens is 2. The molecule has 6 nitrogen and oxygen atoms in total. The van der Waals surface area contributed by atoms with Crippen molar-refractivity contribution in [2.24, 2.45) is 10.7 Å². The van der Waals surface area contributed by atoms with Crippen LogP contribution in [0.5, 0.6) is 0 Å². The third-order valence-electron chi connectivity index (χ3n) is 3.28. The van der Waals surface area contributed by atoms with E-state index in [0.717, 1.165) is 18.2 Å². The van der Waals surface area contributed by atoms with E-state index < -0.39 is 21.7 Å². The Morgan fingerprint density at radius 2 is 1.83 bits per heavy atom. The summed E-state index contributed by atoms with van der Waals surface area (Å²) in [5.74, 6) is -1.24. The summed E-state index contributed by atoms with van der Waals surface area (Å²) in [6, 6.07) is 6.98. The van der Waals surface area contributed by atoms with E-state index in [1.165, 1.54) is 32.3 Å². The zero-order valence-corrected chi connectivity index (χ0v) is 13.8. The number of nitrogens with two attached hydrogens (primary N) is 1. The molecular weight excluding hydrogens is 338 g/mol. The lowest BCUT2D eigenvalue weighted by Gasteiger charge is -2.14. The highest BCUT2D eigenvalue weighted by atomic mass is 32.2. The van der Waals surface area contributed by atoms with Crippen molar-refractivity contribution in [1.29, 1.82) is 0 Å². The van der Waals surface area contributed by atoms with Gasteiger partial charge in [0.2, 0.25) is 10.0 Å². The Morgan fingerprint density at radius 1 is 1.12 bits per heavy atom. The fourth-order valence-electron chi connectivity index (χ4n) is 1.99. The molecule has 0 amide bonds. The van der Waals surface area contributed by atoms with Gasteiger partial charge < -0.3 is 11.1 Å². The van der Waals surface area contributed by atoms with E-state index in [-0.39, 0.29) is 27.7 Å². The summed E-state index contributed by atoms with van der Waals surface area (Å²) < 4.78 is 53.1. The van der Waals surface area contributed by atoms with Gasteiger partial charge in [0.05, 0.1) is 10.6 Å². The van der Waals surface area contributed by atoms with Crippen LogP contribution in [0.2, 0.25) is 0 Å². The standard InChI is InChI=1S/C15H16F2N4O2S/c1-19-15(18)11-8-10(24(22,23)20-2)4-6-13(11)21-14-7-9(16)3-5-12(14)17/h3-8,20-21H,1-2H3,(H2,18,19). The van der Waals surface area contributed by atoms with Gasteiger partial charge in [0, 0.05) is 24.4 Å². The molecule has 0 fully saturated rings. The van der Waals surface area contributed by atoms with Crippen molar-refractivity contribution in [3.63, 3.8) is 0 Å². The Hall–Kier alpha value is -2.52. The largest absolute Gasteiger partial charge is 0.383 e. The highest BCUT2D eigenvalue weighted by Gasteiger charge is 2.16. The van der Waals surface area contributed by atoms with Crippen molar-refractivity contribution in [1.82, 2.24) is 4.72 Å². The zero-order valence-electron chi connectivity index (χ0n) is 13.0. The van der Waals surface area contributed by atoms with Crippen LogP contribution in [0.15, 0.2) is 46.3 Å². The minimum absolute atomic E-state index is 0.0307. The number of amidine groups is 1. The number of nitrogens with one attached hydrogen (secondary N) is 2. The van der Waals surface area contributed by atoms with Crippen LogP contribution in [0.4, 0.5) is 20.2 Å². The third kappa shape index (κ3) is 3.69. The second-order valence-electron chi connectivity index (χ2n) is 4.77. The Morgan fingerprint density at radius 3 is 2.46 bits per heavy atom. The molecule has 0 saturated heterocycles. The van der Waals surface area contributed by atoms with E-state index in [2.05, 4.69) is 15.0 Å². The molecule has 0 aliphatic carbocycles. The molecule has 2 aromatic rings. The van der Waals surface area contributed by atoms with E-state index in [9.17, 15) is 17.2 Å². The summed E-state index contributed by atoms with van der Waals surface area (Å²) in [5, 5.41) is 2.70. The van der Waals surface area contributed by atoms with Crippen LogP contribution >= 0.6 is 0 Å². The fraction of sp³-hybridized carbons (Fsp3) is 0.133. The van der Waals surface area contributed by atoms with E-state index in [1.807, 2.05) is 0 Å². The highest BCUT2D eigenvalue weighted by molar-refractivity contribution is 7.89. The first-order chi connectivity index (χ1) is 11.3. The number of benzene rings is 2. The van der Waals surface area contributed by atoms with Crippen molar-refractivity contribution < 1.29 is 17.2 Å². The van der Waals surface area contributed by atoms with Gasteiger partial charge in [-0.25, -0.2) is 21.9 Å². The molecule has 2 aromatic carbocycles. The van der Waals surface area contributed by atoms with Crippen molar-refractivity contribution in [3.8, 4) is 0 Å². The van der Waals surface area contributed by atoms with Crippen molar-refractivity contribution in [3.05, 3.63) is 53.6 Å². The van der Waals surface area contributed by atoms with E-state index in [0.29, 0.717) is 0 Å². The smallest absolute Gasteiger partial charge is 0.240 e. The van der Waals surface area contributed by atoms with Crippen molar-refractivity contribution in [2.45, 2.75) is 4.90 Å². The number of sulfonamides is 1. The average Bonchev–Trinajstić information content (AvgIpc) is 2.57. The molecule has 128 valence electrons. The second kappa shape index (κ2) is 6.93. The Balaban J connectivity index is 2.56. The molecule has 0 heterocycles. The predicted octanol–water partition coefficient (Wildman–Crippen LogP) is 1.95. The first-order valence-corrected chi connectivity index (χ1v) is 8.29. The average molecular weight is 354 g/mol. The molecule has 0 aliphatic rings. The second-order valence-corrected chi connectivity index (χ2v) is 6.66. The van der Waals surface area contributed by atoms with Crippen LogP contribution in [0.1, 0.15) is 5.56 Å². The first kappa shape index (κ1) is 17.8. The summed E-state index contributed by atoms with van der Waals surface area (Å²) in [4.78, 5) is 3.79. The van der Waals surface area contributed by atoms with Gasteiger partial charge in [0.25, 0.3) is 0 Å². The number of nitrogens with zero attached hydrogens (tertiary/aromatic N) is 1. The summed E-state index contributed by atoms with van der Waals surface area (Å²) >= 11 is 0. The summed E-state index contributed by atoms with van der Waals surface area (Å²) in [6.45, 7) is 0. The van der Waals surface area contributed by atoms with Crippen LogP contribution < -0.4 is 15.8 Å². The molecular formula is C15H16F2N4O2S. The highest BCUT2D eigenvalue weighted by Crippen LogP contribution is 2.26. The van der Waals surface area contributed by atoms with E-state index in [1.54, 1.807) is 0 Å². The van der Waals surface area contributed by atoms with Gasteiger partial charge in [-0.2, -0.15) is 0 Å². The molecule has 0 aliphatic heterocycles. The quantitative estimate of drug-likeness (QED) is 0.565. The normalized spacial score (nSPS) is 12.2. The number of aliphatic imine (C=N–C) groups is 1.